The van der Waals surface area contributed by atoms with Crippen LogP contribution in [-0.2, 0) is 10.2 Å². The molecule has 1 N–H and O–H groups in total. The maximum absolute atomic E-state index is 11.5. The van der Waals surface area contributed by atoms with Gasteiger partial charge in [0, 0.05) is 26.2 Å². The van der Waals surface area contributed by atoms with E-state index in [1.54, 1.807) is 0 Å². The molecule has 0 unspecified atom stereocenters. The Bertz CT molecular complexity index is 544. The molecule has 0 spiro atoms. The van der Waals surface area contributed by atoms with Crippen molar-refractivity contribution < 1.29 is 13.3 Å². The maximum atomic E-state index is 11.5. The number of nitrogens with one attached hydrogen (secondary N) is 1. The fourth-order valence-electron chi connectivity index (χ4n) is 0.935. The Morgan fingerprint density at radius 2 is 2.00 bits per heavy atom. The molecule has 94 valence electrons. The van der Waals surface area contributed by atoms with Crippen LogP contribution in [0.4, 0.5) is 11.4 Å². The summed E-state index contributed by atoms with van der Waals surface area (Å²) in [5, 5.41) is 10.6. The van der Waals surface area contributed by atoms with Gasteiger partial charge >= 0.3 is 10.2 Å². The molecule has 1 aromatic rings. The Hall–Kier alpha value is -1.38. The standard InChI is InChI=1S/C8H10ClN3O4S/c1-11(2)17(15,16)10-8-5-6(12(13)14)3-4-7(8)9/h3-5,10H,1-2H3. The van der Waals surface area contributed by atoms with Crippen molar-refractivity contribution in [1.82, 2.24) is 4.31 Å². The first-order valence-corrected chi connectivity index (χ1v) is 6.20. The van der Waals surface area contributed by atoms with Crippen LogP contribution in [0, 0.1) is 10.1 Å². The van der Waals surface area contributed by atoms with E-state index < -0.39 is 15.1 Å². The number of rotatable bonds is 4. The van der Waals surface area contributed by atoms with E-state index in [-0.39, 0.29) is 16.4 Å². The molecule has 7 nitrogen and oxygen atoms in total. The summed E-state index contributed by atoms with van der Waals surface area (Å²) in [6.07, 6.45) is 0. The van der Waals surface area contributed by atoms with E-state index in [0.29, 0.717) is 0 Å². The summed E-state index contributed by atoms with van der Waals surface area (Å²) in [6, 6.07) is 3.51. The lowest BCUT2D eigenvalue weighted by Crippen LogP contribution is -2.29. The molecular weight excluding hydrogens is 270 g/mol. The molecule has 9 heteroatoms. The molecule has 0 aliphatic carbocycles. The average molecular weight is 280 g/mol. The van der Waals surface area contributed by atoms with Gasteiger partial charge in [0.25, 0.3) is 5.69 Å². The maximum Gasteiger partial charge on any atom is 0.301 e. The second kappa shape index (κ2) is 4.86. The predicted molar refractivity (Wildman–Crippen MR) is 64.3 cm³/mol. The second-order valence-corrected chi connectivity index (χ2v) is 5.60. The lowest BCUT2D eigenvalue weighted by atomic mass is 10.3. The van der Waals surface area contributed by atoms with Crippen LogP contribution in [0.5, 0.6) is 0 Å². The minimum atomic E-state index is -3.74. The molecule has 0 saturated carbocycles. The number of nitrogens with zero attached hydrogens (tertiary/aromatic N) is 2. The number of hydrogen-bond acceptors (Lipinski definition) is 4. The van der Waals surface area contributed by atoms with Crippen molar-refractivity contribution in [3.8, 4) is 0 Å². The Labute approximate surface area is 103 Å². The van der Waals surface area contributed by atoms with Crippen LogP contribution in [-0.4, -0.2) is 31.7 Å². The molecule has 0 saturated heterocycles. The van der Waals surface area contributed by atoms with E-state index >= 15 is 0 Å². The summed E-state index contributed by atoms with van der Waals surface area (Å²) in [4.78, 5) is 9.90. The minimum Gasteiger partial charge on any atom is -0.269 e. The third kappa shape index (κ3) is 3.29. The predicted octanol–water partition coefficient (Wildman–Crippen LogP) is 1.47. The van der Waals surface area contributed by atoms with Gasteiger partial charge in [0.15, 0.2) is 0 Å². The number of anilines is 1. The van der Waals surface area contributed by atoms with Crippen LogP contribution >= 0.6 is 11.6 Å². The zero-order chi connectivity index (χ0) is 13.2. The van der Waals surface area contributed by atoms with Crippen molar-refractivity contribution in [3.63, 3.8) is 0 Å². The Morgan fingerprint density at radius 1 is 1.41 bits per heavy atom. The van der Waals surface area contributed by atoms with Crippen LogP contribution in [0.3, 0.4) is 0 Å². The topological polar surface area (TPSA) is 92.6 Å². The number of nitro groups is 1. The molecule has 0 atom stereocenters. The summed E-state index contributed by atoms with van der Waals surface area (Å²) in [7, 11) is -1.09. The average Bonchev–Trinajstić information content (AvgIpc) is 2.20. The van der Waals surface area contributed by atoms with Crippen LogP contribution < -0.4 is 4.72 Å². The highest BCUT2D eigenvalue weighted by atomic mass is 35.5. The summed E-state index contributed by atoms with van der Waals surface area (Å²) in [5.41, 5.74) is -0.277. The number of hydrogen-bond donors (Lipinski definition) is 1. The first-order valence-electron chi connectivity index (χ1n) is 4.38. The summed E-state index contributed by atoms with van der Waals surface area (Å²) in [5.74, 6) is 0. The van der Waals surface area contributed by atoms with E-state index in [0.717, 1.165) is 10.4 Å². The Balaban J connectivity index is 3.15. The van der Waals surface area contributed by atoms with Gasteiger partial charge in [-0.2, -0.15) is 12.7 Å². The lowest BCUT2D eigenvalue weighted by molar-refractivity contribution is -0.384. The van der Waals surface area contributed by atoms with E-state index in [4.69, 9.17) is 11.6 Å². The molecule has 1 rings (SSSR count). The zero-order valence-corrected chi connectivity index (χ0v) is 10.6. The Morgan fingerprint density at radius 3 is 2.47 bits per heavy atom. The van der Waals surface area contributed by atoms with Crippen molar-refractivity contribution in [2.45, 2.75) is 0 Å². The smallest absolute Gasteiger partial charge is 0.269 e. The van der Waals surface area contributed by atoms with E-state index in [1.807, 2.05) is 0 Å². The minimum absolute atomic E-state index is 0.0328. The second-order valence-electron chi connectivity index (χ2n) is 3.31. The monoisotopic (exact) mass is 279 g/mol. The van der Waals surface area contributed by atoms with Crippen molar-refractivity contribution in [1.29, 1.82) is 0 Å². The van der Waals surface area contributed by atoms with Gasteiger partial charge in [-0.3, -0.25) is 14.8 Å². The van der Waals surface area contributed by atoms with Gasteiger partial charge in [0.2, 0.25) is 0 Å². The summed E-state index contributed by atoms with van der Waals surface area (Å²) >= 11 is 5.74. The van der Waals surface area contributed by atoms with Gasteiger partial charge in [0.1, 0.15) is 0 Å². The van der Waals surface area contributed by atoms with E-state index in [1.165, 1.54) is 26.2 Å². The SMILES string of the molecule is CN(C)S(=O)(=O)Nc1cc([N+](=O)[O-])ccc1Cl. The molecule has 1 aromatic carbocycles. The van der Waals surface area contributed by atoms with Gasteiger partial charge in [-0.1, -0.05) is 11.6 Å². The molecule has 0 fully saturated rings. The third-order valence-corrected chi connectivity index (χ3v) is 3.65. The molecule has 0 bridgehead atoms. The molecular formula is C8H10ClN3O4S. The molecule has 0 aliphatic rings. The molecule has 17 heavy (non-hydrogen) atoms. The van der Waals surface area contributed by atoms with Crippen LogP contribution in [0.1, 0.15) is 0 Å². The van der Waals surface area contributed by atoms with Crippen LogP contribution in [0.15, 0.2) is 18.2 Å². The molecule has 0 aromatic heterocycles. The van der Waals surface area contributed by atoms with Crippen molar-refractivity contribution in [3.05, 3.63) is 33.3 Å². The molecule has 0 aliphatic heterocycles. The van der Waals surface area contributed by atoms with Gasteiger partial charge < -0.3 is 0 Å². The third-order valence-electron chi connectivity index (χ3n) is 1.88. The van der Waals surface area contributed by atoms with Gasteiger partial charge in [-0.15, -0.1) is 0 Å². The van der Waals surface area contributed by atoms with Crippen molar-refractivity contribution in [2.24, 2.45) is 0 Å². The van der Waals surface area contributed by atoms with Gasteiger partial charge in [0.05, 0.1) is 15.6 Å². The van der Waals surface area contributed by atoms with Crippen LogP contribution in [0.2, 0.25) is 5.02 Å². The lowest BCUT2D eigenvalue weighted by Gasteiger charge is -2.13. The number of halogens is 1. The van der Waals surface area contributed by atoms with Gasteiger partial charge in [-0.25, -0.2) is 0 Å². The summed E-state index contributed by atoms with van der Waals surface area (Å²) in [6.45, 7) is 0. The van der Waals surface area contributed by atoms with E-state index in [2.05, 4.69) is 4.72 Å². The first-order chi connectivity index (χ1) is 7.74. The number of benzene rings is 1. The van der Waals surface area contributed by atoms with Crippen LogP contribution in [0.25, 0.3) is 0 Å². The number of nitro benzene ring substituents is 1. The highest BCUT2D eigenvalue weighted by Crippen LogP contribution is 2.27. The first kappa shape index (κ1) is 13.7. The normalized spacial score (nSPS) is 11.5. The highest BCUT2D eigenvalue weighted by molar-refractivity contribution is 7.90. The van der Waals surface area contributed by atoms with E-state index in [9.17, 15) is 18.5 Å². The fourth-order valence-corrected chi connectivity index (χ4v) is 1.79. The quantitative estimate of drug-likeness (QED) is 0.667. The van der Waals surface area contributed by atoms with Gasteiger partial charge in [-0.05, 0) is 6.07 Å². The Kier molecular flexibility index (Phi) is 3.91. The molecule has 0 radical (unpaired) electrons. The fraction of sp³-hybridized carbons (Fsp3) is 0.250. The molecule has 0 amide bonds. The number of non-ortho nitro benzene ring substituents is 1. The highest BCUT2D eigenvalue weighted by Gasteiger charge is 2.17. The van der Waals surface area contributed by atoms with Crippen molar-refractivity contribution >= 4 is 33.2 Å². The zero-order valence-electron chi connectivity index (χ0n) is 9.05. The summed E-state index contributed by atoms with van der Waals surface area (Å²) < 4.78 is 26.1. The largest absolute Gasteiger partial charge is 0.301 e. The van der Waals surface area contributed by atoms with Crippen molar-refractivity contribution in [2.75, 3.05) is 18.8 Å². The molecule has 0 heterocycles.